The summed E-state index contributed by atoms with van der Waals surface area (Å²) in [5, 5.41) is 0.907. The SMILES string of the molecule is CN(CCCCN(Cc1ccnc(F)c1)Cc1cn(S(=O)(=O)c2ccccc2)c2ccccc12)C1CCCCC1. The topological polar surface area (TPSA) is 58.4 Å². The summed E-state index contributed by atoms with van der Waals surface area (Å²) >= 11 is 0. The summed E-state index contributed by atoms with van der Waals surface area (Å²) in [6.07, 6.45) is 12.0. The van der Waals surface area contributed by atoms with Crippen molar-refractivity contribution in [2.45, 2.75) is 69.0 Å². The van der Waals surface area contributed by atoms with Crippen molar-refractivity contribution in [1.29, 1.82) is 0 Å². The van der Waals surface area contributed by atoms with Gasteiger partial charge in [0.1, 0.15) is 0 Å². The highest BCUT2D eigenvalue weighted by Crippen LogP contribution is 2.28. The lowest BCUT2D eigenvalue weighted by Crippen LogP contribution is -2.34. The van der Waals surface area contributed by atoms with Crippen LogP contribution in [0.4, 0.5) is 4.39 Å². The van der Waals surface area contributed by atoms with Crippen LogP contribution in [0.3, 0.4) is 0 Å². The van der Waals surface area contributed by atoms with Gasteiger partial charge in [-0.15, -0.1) is 0 Å². The second-order valence-corrected chi connectivity index (χ2v) is 12.8. The summed E-state index contributed by atoms with van der Waals surface area (Å²) in [5.41, 5.74) is 2.45. The summed E-state index contributed by atoms with van der Waals surface area (Å²) < 4.78 is 42.5. The molecule has 0 N–H and O–H groups in total. The fourth-order valence-electron chi connectivity index (χ4n) is 5.90. The second kappa shape index (κ2) is 13.1. The summed E-state index contributed by atoms with van der Waals surface area (Å²) in [4.78, 5) is 8.77. The number of unbranched alkanes of at least 4 members (excludes halogenated alkanes) is 1. The first-order valence-corrected chi connectivity index (χ1v) is 15.8. The Morgan fingerprint density at radius 2 is 1.65 bits per heavy atom. The van der Waals surface area contributed by atoms with Crippen molar-refractivity contribution in [3.05, 3.63) is 96.2 Å². The molecule has 0 saturated heterocycles. The molecule has 1 fully saturated rings. The highest BCUT2D eigenvalue weighted by molar-refractivity contribution is 7.90. The summed E-state index contributed by atoms with van der Waals surface area (Å²) in [6.45, 7) is 3.01. The van der Waals surface area contributed by atoms with Gasteiger partial charge in [-0.3, -0.25) is 4.90 Å². The average molecular weight is 563 g/mol. The molecule has 6 nitrogen and oxygen atoms in total. The van der Waals surface area contributed by atoms with Crippen LogP contribution < -0.4 is 0 Å². The maximum absolute atomic E-state index is 13.9. The standard InChI is InChI=1S/C32H39FN4O2S/c1-35(28-12-4-2-5-13-28)20-10-11-21-36(23-26-18-19-34-32(33)22-26)24-27-25-37(31-17-9-8-16-30(27)31)40(38,39)29-14-6-3-7-15-29/h3,6-9,14-19,22,25,28H,2,4-5,10-13,20-21,23-24H2,1H3. The predicted molar refractivity (Wildman–Crippen MR) is 158 cm³/mol. The summed E-state index contributed by atoms with van der Waals surface area (Å²) in [7, 11) is -1.51. The van der Waals surface area contributed by atoms with E-state index in [1.807, 2.05) is 36.4 Å². The number of rotatable bonds is 12. The van der Waals surface area contributed by atoms with Gasteiger partial charge in [-0.1, -0.05) is 55.7 Å². The molecule has 0 bridgehead atoms. The Labute approximate surface area is 237 Å². The number of aromatic nitrogens is 2. The van der Waals surface area contributed by atoms with E-state index in [9.17, 15) is 12.8 Å². The van der Waals surface area contributed by atoms with E-state index in [1.54, 1.807) is 30.5 Å². The minimum absolute atomic E-state index is 0.258. The molecule has 0 spiro atoms. The molecule has 2 heterocycles. The molecule has 1 aliphatic carbocycles. The third-order valence-corrected chi connectivity index (χ3v) is 9.77. The minimum Gasteiger partial charge on any atom is -0.303 e. The van der Waals surface area contributed by atoms with Crippen molar-refractivity contribution in [1.82, 2.24) is 18.8 Å². The van der Waals surface area contributed by atoms with Gasteiger partial charge in [-0.25, -0.2) is 17.4 Å². The van der Waals surface area contributed by atoms with Crippen LogP contribution in [0.15, 0.2) is 84.0 Å². The lowest BCUT2D eigenvalue weighted by molar-refractivity contribution is 0.182. The highest BCUT2D eigenvalue weighted by atomic mass is 32.2. The molecule has 212 valence electrons. The zero-order valence-corrected chi connectivity index (χ0v) is 24.1. The van der Waals surface area contributed by atoms with Gasteiger partial charge in [0.15, 0.2) is 0 Å². The lowest BCUT2D eigenvalue weighted by atomic mass is 9.94. The van der Waals surface area contributed by atoms with E-state index in [4.69, 9.17) is 0 Å². The fraction of sp³-hybridized carbons (Fsp3) is 0.406. The molecule has 2 aromatic carbocycles. The highest BCUT2D eigenvalue weighted by Gasteiger charge is 2.22. The summed E-state index contributed by atoms with van der Waals surface area (Å²) in [6, 6.07) is 20.2. The molecule has 0 aliphatic heterocycles. The van der Waals surface area contributed by atoms with Gasteiger partial charge in [-0.2, -0.15) is 4.39 Å². The monoisotopic (exact) mass is 562 g/mol. The third kappa shape index (κ3) is 6.79. The van der Waals surface area contributed by atoms with Crippen molar-refractivity contribution in [2.24, 2.45) is 0 Å². The van der Waals surface area contributed by atoms with Crippen LogP contribution in [-0.4, -0.2) is 53.4 Å². The molecule has 40 heavy (non-hydrogen) atoms. The molecule has 4 aromatic rings. The number of para-hydroxylation sites is 1. The van der Waals surface area contributed by atoms with Gasteiger partial charge in [0.2, 0.25) is 5.95 Å². The van der Waals surface area contributed by atoms with Crippen LogP contribution in [-0.2, 0) is 23.1 Å². The van der Waals surface area contributed by atoms with E-state index in [0.29, 0.717) is 24.6 Å². The zero-order valence-electron chi connectivity index (χ0n) is 23.3. The van der Waals surface area contributed by atoms with Crippen molar-refractivity contribution in [2.75, 3.05) is 20.1 Å². The van der Waals surface area contributed by atoms with Gasteiger partial charge >= 0.3 is 0 Å². The average Bonchev–Trinajstić information content (AvgIpc) is 3.35. The van der Waals surface area contributed by atoms with Gasteiger partial charge in [0, 0.05) is 36.9 Å². The van der Waals surface area contributed by atoms with Crippen LogP contribution in [0.5, 0.6) is 0 Å². The number of pyridine rings is 1. The molecule has 0 atom stereocenters. The maximum Gasteiger partial charge on any atom is 0.268 e. The first kappa shape index (κ1) is 28.5. The predicted octanol–water partition coefficient (Wildman–Crippen LogP) is 6.46. The zero-order chi connectivity index (χ0) is 28.0. The molecule has 0 unspecified atom stereocenters. The Kier molecular flexibility index (Phi) is 9.29. The molecule has 1 aliphatic rings. The van der Waals surface area contributed by atoms with E-state index in [1.165, 1.54) is 48.3 Å². The Morgan fingerprint density at radius 1 is 0.925 bits per heavy atom. The number of nitrogens with zero attached hydrogens (tertiary/aromatic N) is 4. The van der Waals surface area contributed by atoms with Gasteiger partial charge < -0.3 is 4.90 Å². The van der Waals surface area contributed by atoms with Gasteiger partial charge in [-0.05, 0) is 87.3 Å². The molecule has 1 saturated carbocycles. The number of benzene rings is 2. The lowest BCUT2D eigenvalue weighted by Gasteiger charge is -2.31. The minimum atomic E-state index is -3.75. The van der Waals surface area contributed by atoms with Crippen molar-refractivity contribution < 1.29 is 12.8 Å². The number of hydrogen-bond acceptors (Lipinski definition) is 5. The van der Waals surface area contributed by atoms with Crippen LogP contribution >= 0.6 is 0 Å². The summed E-state index contributed by atoms with van der Waals surface area (Å²) in [5.74, 6) is -0.489. The van der Waals surface area contributed by atoms with E-state index in [2.05, 4.69) is 21.8 Å². The first-order valence-electron chi connectivity index (χ1n) is 14.3. The van der Waals surface area contributed by atoms with Crippen molar-refractivity contribution >= 4 is 20.9 Å². The van der Waals surface area contributed by atoms with Gasteiger partial charge in [0.25, 0.3) is 10.0 Å². The molecule has 0 amide bonds. The molecule has 5 rings (SSSR count). The smallest absolute Gasteiger partial charge is 0.268 e. The van der Waals surface area contributed by atoms with Gasteiger partial charge in [0.05, 0.1) is 10.4 Å². The fourth-order valence-corrected chi connectivity index (χ4v) is 7.32. The Balaban J connectivity index is 1.36. The normalized spacial score (nSPS) is 14.9. The number of hydrogen-bond donors (Lipinski definition) is 0. The molecule has 8 heteroatoms. The van der Waals surface area contributed by atoms with Crippen LogP contribution in [0.2, 0.25) is 0 Å². The Morgan fingerprint density at radius 3 is 2.42 bits per heavy atom. The number of halogens is 1. The molecular formula is C32H39FN4O2S. The second-order valence-electron chi connectivity index (χ2n) is 11.0. The largest absolute Gasteiger partial charge is 0.303 e. The van der Waals surface area contributed by atoms with Crippen LogP contribution in [0.25, 0.3) is 10.9 Å². The number of fused-ring (bicyclic) bond motifs is 1. The van der Waals surface area contributed by atoms with Crippen molar-refractivity contribution in [3.63, 3.8) is 0 Å². The van der Waals surface area contributed by atoms with E-state index < -0.39 is 16.0 Å². The van der Waals surface area contributed by atoms with Crippen LogP contribution in [0, 0.1) is 5.95 Å². The van der Waals surface area contributed by atoms with Crippen LogP contribution in [0.1, 0.15) is 56.1 Å². The molecule has 0 radical (unpaired) electrons. The molecule has 2 aromatic heterocycles. The first-order chi connectivity index (χ1) is 19.4. The molecular weight excluding hydrogens is 523 g/mol. The van der Waals surface area contributed by atoms with E-state index in [-0.39, 0.29) is 4.90 Å². The third-order valence-electron chi connectivity index (χ3n) is 8.08. The Hall–Kier alpha value is -3.07. The van der Waals surface area contributed by atoms with E-state index in [0.717, 1.165) is 42.4 Å². The quantitative estimate of drug-likeness (QED) is 0.147. The van der Waals surface area contributed by atoms with Crippen molar-refractivity contribution in [3.8, 4) is 0 Å². The van der Waals surface area contributed by atoms with E-state index >= 15 is 0 Å². The Bertz CT molecular complexity index is 1500. The maximum atomic E-state index is 13.9.